The maximum absolute atomic E-state index is 12.7. The normalized spacial score (nSPS) is 17.1. The van der Waals surface area contributed by atoms with Crippen LogP contribution in [0.3, 0.4) is 0 Å². The van der Waals surface area contributed by atoms with Crippen LogP contribution in [0.25, 0.3) is 11.3 Å². The molecule has 0 radical (unpaired) electrons. The Balaban J connectivity index is 1.78. The van der Waals surface area contributed by atoms with Crippen molar-refractivity contribution < 1.29 is 19.1 Å². The largest absolute Gasteiger partial charge is 0.369 e. The van der Waals surface area contributed by atoms with E-state index in [0.717, 1.165) is 17.0 Å². The zero-order valence-electron chi connectivity index (χ0n) is 17.1. The molecule has 2 aromatic rings. The molecule has 1 aliphatic rings. The first-order valence-electron chi connectivity index (χ1n) is 9.47. The van der Waals surface area contributed by atoms with E-state index in [4.69, 9.17) is 14.5 Å². The number of nitrogens with one attached hydrogen (secondary N) is 1. The van der Waals surface area contributed by atoms with Crippen molar-refractivity contribution in [2.45, 2.75) is 25.6 Å². The summed E-state index contributed by atoms with van der Waals surface area (Å²) in [7, 11) is 3.10. The summed E-state index contributed by atoms with van der Waals surface area (Å²) in [6, 6.07) is 9.12. The van der Waals surface area contributed by atoms with E-state index in [1.54, 1.807) is 38.1 Å². The van der Waals surface area contributed by atoms with Crippen molar-refractivity contribution in [2.24, 2.45) is 0 Å². The molecule has 0 bridgehead atoms. The Morgan fingerprint density at radius 1 is 1.28 bits per heavy atom. The molecule has 0 spiro atoms. The molecule has 0 unspecified atom stereocenters. The van der Waals surface area contributed by atoms with Gasteiger partial charge in [0.15, 0.2) is 0 Å². The van der Waals surface area contributed by atoms with Crippen LogP contribution < -0.4 is 5.32 Å². The molecule has 3 heterocycles. The quantitative estimate of drug-likeness (QED) is 0.826. The van der Waals surface area contributed by atoms with Gasteiger partial charge in [-0.05, 0) is 38.1 Å². The zero-order chi connectivity index (χ0) is 21.0. The van der Waals surface area contributed by atoms with Crippen molar-refractivity contribution in [3.63, 3.8) is 0 Å². The molecule has 3 rings (SSSR count). The van der Waals surface area contributed by atoms with Crippen molar-refractivity contribution in [1.29, 1.82) is 0 Å². The smallest absolute Gasteiger partial charge is 0.269 e. The van der Waals surface area contributed by atoms with Crippen LogP contribution in [0.2, 0.25) is 0 Å². The maximum atomic E-state index is 12.7. The Bertz CT molecular complexity index is 883. The highest BCUT2D eigenvalue weighted by atomic mass is 16.5. The minimum Gasteiger partial charge on any atom is -0.369 e. The highest BCUT2D eigenvalue weighted by Gasteiger charge is 2.35. The van der Waals surface area contributed by atoms with Gasteiger partial charge in [0, 0.05) is 32.5 Å². The second kappa shape index (κ2) is 8.67. The minimum atomic E-state index is -0.880. The fourth-order valence-electron chi connectivity index (χ4n) is 3.08. The maximum Gasteiger partial charge on any atom is 0.269 e. The second-order valence-electron chi connectivity index (χ2n) is 7.28. The third-order valence-corrected chi connectivity index (χ3v) is 5.00. The van der Waals surface area contributed by atoms with Gasteiger partial charge < -0.3 is 19.7 Å². The Hall–Kier alpha value is -2.84. The predicted molar refractivity (Wildman–Crippen MR) is 107 cm³/mol. The van der Waals surface area contributed by atoms with Crippen molar-refractivity contribution in [3.05, 3.63) is 47.9 Å². The first kappa shape index (κ1) is 20.9. The number of morpholine rings is 1. The average Bonchev–Trinajstić information content (AvgIpc) is 2.78. The van der Waals surface area contributed by atoms with Crippen LogP contribution in [0, 0.1) is 0 Å². The summed E-state index contributed by atoms with van der Waals surface area (Å²) in [6.45, 7) is 4.88. The van der Waals surface area contributed by atoms with Crippen LogP contribution in [0.5, 0.6) is 0 Å². The molecule has 1 saturated heterocycles. The Kier molecular flexibility index (Phi) is 6.24. The molecule has 0 saturated carbocycles. The van der Waals surface area contributed by atoms with Gasteiger partial charge in [0.2, 0.25) is 0 Å². The monoisotopic (exact) mass is 398 g/mol. The molecule has 1 atom stereocenters. The number of carbonyl (C=O) groups excluding carboxylic acids is 2. The van der Waals surface area contributed by atoms with Crippen LogP contribution in [-0.4, -0.2) is 66.1 Å². The van der Waals surface area contributed by atoms with Gasteiger partial charge in [-0.25, -0.2) is 4.98 Å². The van der Waals surface area contributed by atoms with Gasteiger partial charge in [-0.1, -0.05) is 6.07 Å². The number of hydrogen-bond donors (Lipinski definition) is 1. The van der Waals surface area contributed by atoms with Crippen molar-refractivity contribution in [2.75, 3.05) is 33.9 Å². The predicted octanol–water partition coefficient (Wildman–Crippen LogP) is 1.83. The molecule has 0 aromatic carbocycles. The first-order chi connectivity index (χ1) is 13.9. The molecule has 8 nitrogen and oxygen atoms in total. The van der Waals surface area contributed by atoms with Crippen LogP contribution >= 0.6 is 0 Å². The third-order valence-electron chi connectivity index (χ3n) is 5.00. The number of aromatic nitrogens is 2. The summed E-state index contributed by atoms with van der Waals surface area (Å²) in [6.07, 6.45) is 1.30. The van der Waals surface area contributed by atoms with E-state index in [0.29, 0.717) is 25.4 Å². The lowest BCUT2D eigenvalue weighted by Crippen LogP contribution is -2.51. The number of ether oxygens (including phenoxy) is 2. The van der Waals surface area contributed by atoms with Gasteiger partial charge in [0.05, 0.1) is 24.5 Å². The highest BCUT2D eigenvalue weighted by molar-refractivity contribution is 5.92. The Labute approximate surface area is 170 Å². The molecule has 1 fully saturated rings. The Morgan fingerprint density at radius 2 is 2.07 bits per heavy atom. The SMILES string of the molecule is CNC(=O)c1ccc(-c2cccc([C@@H]3CN(C(=O)C(C)(C)OC)CCO3)n2)cn1. The van der Waals surface area contributed by atoms with E-state index in [1.165, 1.54) is 7.11 Å². The summed E-state index contributed by atoms with van der Waals surface area (Å²) < 4.78 is 11.2. The average molecular weight is 398 g/mol. The summed E-state index contributed by atoms with van der Waals surface area (Å²) in [5, 5.41) is 2.55. The molecule has 1 N–H and O–H groups in total. The van der Waals surface area contributed by atoms with Crippen LogP contribution in [0.15, 0.2) is 36.5 Å². The number of amides is 2. The molecule has 29 heavy (non-hydrogen) atoms. The van der Waals surface area contributed by atoms with Gasteiger partial charge in [-0.15, -0.1) is 0 Å². The number of methoxy groups -OCH3 is 1. The number of hydrogen-bond acceptors (Lipinski definition) is 6. The van der Waals surface area contributed by atoms with E-state index in [9.17, 15) is 9.59 Å². The van der Waals surface area contributed by atoms with Crippen LogP contribution in [0.1, 0.15) is 36.1 Å². The van der Waals surface area contributed by atoms with E-state index in [-0.39, 0.29) is 17.9 Å². The minimum absolute atomic E-state index is 0.0709. The molecule has 1 aliphatic heterocycles. The molecule has 2 amide bonds. The molecule has 154 valence electrons. The fourth-order valence-corrected chi connectivity index (χ4v) is 3.08. The standard InChI is InChI=1S/C21H26N4O4/c1-21(2,28-4)20(27)25-10-11-29-18(13-25)16-7-5-6-15(24-16)14-8-9-17(23-12-14)19(26)22-3/h5-9,12,18H,10-11,13H2,1-4H3,(H,22,26)/t18-/m0/s1. The summed E-state index contributed by atoms with van der Waals surface area (Å²) in [5.41, 5.74) is 1.73. The van der Waals surface area contributed by atoms with Gasteiger partial charge >= 0.3 is 0 Å². The molecular weight excluding hydrogens is 372 g/mol. The van der Waals surface area contributed by atoms with E-state index in [1.807, 2.05) is 24.3 Å². The second-order valence-corrected chi connectivity index (χ2v) is 7.28. The summed E-state index contributed by atoms with van der Waals surface area (Å²) in [5.74, 6) is -0.309. The van der Waals surface area contributed by atoms with E-state index < -0.39 is 5.60 Å². The van der Waals surface area contributed by atoms with Gasteiger partial charge in [0.25, 0.3) is 11.8 Å². The molecule has 8 heteroatoms. The first-order valence-corrected chi connectivity index (χ1v) is 9.47. The summed E-state index contributed by atoms with van der Waals surface area (Å²) >= 11 is 0. The number of rotatable bonds is 5. The van der Waals surface area contributed by atoms with Crippen LogP contribution in [-0.2, 0) is 14.3 Å². The third kappa shape index (κ3) is 4.60. The van der Waals surface area contributed by atoms with Crippen LogP contribution in [0.4, 0.5) is 0 Å². The zero-order valence-corrected chi connectivity index (χ0v) is 17.1. The summed E-state index contributed by atoms with van der Waals surface area (Å²) in [4.78, 5) is 35.0. The van der Waals surface area contributed by atoms with Gasteiger partial charge in [-0.2, -0.15) is 0 Å². The number of carbonyl (C=O) groups is 2. The molecule has 0 aliphatic carbocycles. The van der Waals surface area contributed by atoms with Gasteiger partial charge in [-0.3, -0.25) is 14.6 Å². The molecular formula is C21H26N4O4. The van der Waals surface area contributed by atoms with E-state index >= 15 is 0 Å². The van der Waals surface area contributed by atoms with Crippen molar-refractivity contribution in [3.8, 4) is 11.3 Å². The lowest BCUT2D eigenvalue weighted by atomic mass is 10.1. The fraction of sp³-hybridized carbons (Fsp3) is 0.429. The van der Waals surface area contributed by atoms with E-state index in [2.05, 4.69) is 10.3 Å². The number of pyridine rings is 2. The lowest BCUT2D eigenvalue weighted by molar-refractivity contribution is -0.158. The lowest BCUT2D eigenvalue weighted by Gasteiger charge is -2.36. The number of nitrogens with zero attached hydrogens (tertiary/aromatic N) is 3. The van der Waals surface area contributed by atoms with Crippen molar-refractivity contribution >= 4 is 11.8 Å². The Morgan fingerprint density at radius 3 is 2.72 bits per heavy atom. The molecule has 2 aromatic heterocycles. The topological polar surface area (TPSA) is 93.7 Å². The highest BCUT2D eigenvalue weighted by Crippen LogP contribution is 2.25. The van der Waals surface area contributed by atoms with Gasteiger partial charge in [0.1, 0.15) is 17.4 Å². The van der Waals surface area contributed by atoms with Crippen molar-refractivity contribution in [1.82, 2.24) is 20.2 Å².